The van der Waals surface area contributed by atoms with Crippen molar-refractivity contribution in [2.24, 2.45) is 0 Å². The van der Waals surface area contributed by atoms with Gasteiger partial charge in [-0.25, -0.2) is 0 Å². The molecule has 2 aromatic rings. The summed E-state index contributed by atoms with van der Waals surface area (Å²) in [7, 11) is 0. The van der Waals surface area contributed by atoms with Gasteiger partial charge < -0.3 is 9.73 Å². The topological polar surface area (TPSA) is 70.9 Å². The highest BCUT2D eigenvalue weighted by Crippen LogP contribution is 2.19. The Labute approximate surface area is 98.2 Å². The van der Waals surface area contributed by atoms with E-state index < -0.39 is 0 Å². The third-order valence-corrected chi connectivity index (χ3v) is 3.14. The van der Waals surface area contributed by atoms with Gasteiger partial charge in [-0.05, 0) is 30.9 Å². The summed E-state index contributed by atoms with van der Waals surface area (Å²) in [6.45, 7) is 0. The molecule has 2 heterocycles. The van der Waals surface area contributed by atoms with Crippen LogP contribution in [0.25, 0.3) is 0 Å². The van der Waals surface area contributed by atoms with Crippen LogP contribution in [0.2, 0.25) is 0 Å². The molecule has 0 aromatic carbocycles. The Hall–Kier alpha value is -2.04. The first-order chi connectivity index (χ1) is 8.33. The molecule has 1 amide bonds. The fourth-order valence-electron chi connectivity index (χ4n) is 2.20. The molecule has 2 N–H and O–H groups in total. The zero-order valence-electron chi connectivity index (χ0n) is 9.27. The van der Waals surface area contributed by atoms with Crippen LogP contribution in [0.1, 0.15) is 28.0 Å². The lowest BCUT2D eigenvalue weighted by Crippen LogP contribution is -2.38. The molecule has 1 aliphatic carbocycles. The fraction of sp³-hybridized carbons (Fsp3) is 0.333. The third-order valence-electron chi connectivity index (χ3n) is 3.14. The molecule has 2 aromatic heterocycles. The lowest BCUT2D eigenvalue weighted by molar-refractivity contribution is 0.0933. The Bertz CT molecular complexity index is 516. The predicted molar refractivity (Wildman–Crippen MR) is 60.6 cm³/mol. The summed E-state index contributed by atoms with van der Waals surface area (Å²) >= 11 is 0. The molecular formula is C12H13N3O2. The number of furan rings is 1. The molecule has 0 fully saturated rings. The minimum atomic E-state index is -0.0734. The van der Waals surface area contributed by atoms with Gasteiger partial charge in [0, 0.05) is 11.7 Å². The number of amides is 1. The smallest absolute Gasteiger partial charge is 0.254 e. The van der Waals surface area contributed by atoms with E-state index in [-0.39, 0.29) is 11.9 Å². The second kappa shape index (κ2) is 4.08. The number of hydrogen-bond donors (Lipinski definition) is 2. The number of rotatable bonds is 2. The van der Waals surface area contributed by atoms with Gasteiger partial charge >= 0.3 is 0 Å². The molecule has 0 saturated heterocycles. The number of hydrogen-bond acceptors (Lipinski definition) is 3. The normalized spacial score (nSPS) is 18.7. The lowest BCUT2D eigenvalue weighted by atomic mass is 9.93. The van der Waals surface area contributed by atoms with E-state index in [9.17, 15) is 4.79 Å². The first-order valence-electron chi connectivity index (χ1n) is 5.67. The van der Waals surface area contributed by atoms with E-state index in [0.717, 1.165) is 19.3 Å². The van der Waals surface area contributed by atoms with Crippen molar-refractivity contribution >= 4 is 5.91 Å². The van der Waals surface area contributed by atoms with Gasteiger partial charge in [-0.3, -0.25) is 9.89 Å². The van der Waals surface area contributed by atoms with Crippen molar-refractivity contribution in [2.45, 2.75) is 25.3 Å². The second-order valence-electron chi connectivity index (χ2n) is 4.30. The highest BCUT2D eigenvalue weighted by Gasteiger charge is 2.22. The minimum absolute atomic E-state index is 0.0734. The van der Waals surface area contributed by atoms with E-state index in [4.69, 9.17) is 4.42 Å². The molecule has 0 spiro atoms. The van der Waals surface area contributed by atoms with Gasteiger partial charge in [-0.15, -0.1) is 0 Å². The summed E-state index contributed by atoms with van der Waals surface area (Å²) in [5.74, 6) is -0.0734. The molecule has 0 bridgehead atoms. The van der Waals surface area contributed by atoms with Crippen LogP contribution >= 0.6 is 0 Å². The number of fused-ring (bicyclic) bond motifs is 1. The van der Waals surface area contributed by atoms with Crippen LogP contribution in [-0.4, -0.2) is 22.1 Å². The van der Waals surface area contributed by atoms with Crippen molar-refractivity contribution in [2.75, 3.05) is 0 Å². The Morgan fingerprint density at radius 2 is 2.53 bits per heavy atom. The van der Waals surface area contributed by atoms with Crippen LogP contribution in [0.4, 0.5) is 0 Å². The Morgan fingerprint density at radius 1 is 1.59 bits per heavy atom. The maximum absolute atomic E-state index is 11.8. The number of aryl methyl sites for hydroxylation is 1. The molecular weight excluding hydrogens is 218 g/mol. The van der Waals surface area contributed by atoms with Crippen LogP contribution in [0.3, 0.4) is 0 Å². The highest BCUT2D eigenvalue weighted by molar-refractivity contribution is 5.93. The number of carbonyl (C=O) groups is 1. The van der Waals surface area contributed by atoms with Crippen molar-refractivity contribution in [1.29, 1.82) is 0 Å². The van der Waals surface area contributed by atoms with Crippen molar-refractivity contribution < 1.29 is 9.21 Å². The quantitative estimate of drug-likeness (QED) is 0.818. The SMILES string of the molecule is O=C(NC1CCc2[nH]ncc2C1)c1ccoc1. The summed E-state index contributed by atoms with van der Waals surface area (Å²) in [5, 5.41) is 10.0. The molecule has 5 heteroatoms. The van der Waals surface area contributed by atoms with Gasteiger partial charge in [0.1, 0.15) is 6.26 Å². The summed E-state index contributed by atoms with van der Waals surface area (Å²) in [4.78, 5) is 11.8. The van der Waals surface area contributed by atoms with Crippen LogP contribution < -0.4 is 5.32 Å². The molecule has 0 aliphatic heterocycles. The average molecular weight is 231 g/mol. The van der Waals surface area contributed by atoms with E-state index in [1.165, 1.54) is 23.8 Å². The predicted octanol–water partition coefficient (Wildman–Crippen LogP) is 1.29. The Morgan fingerprint density at radius 3 is 3.35 bits per heavy atom. The first-order valence-corrected chi connectivity index (χ1v) is 5.67. The van der Waals surface area contributed by atoms with Gasteiger partial charge in [-0.2, -0.15) is 5.10 Å². The number of aromatic amines is 1. The lowest BCUT2D eigenvalue weighted by Gasteiger charge is -2.22. The molecule has 1 atom stereocenters. The van der Waals surface area contributed by atoms with Crippen LogP contribution in [0.15, 0.2) is 29.2 Å². The standard InChI is InChI=1S/C12H13N3O2/c16-12(8-3-4-17-7-8)14-10-1-2-11-9(5-10)6-13-15-11/h3-4,6-7,10H,1-2,5H2,(H,13,15)(H,14,16). The van der Waals surface area contributed by atoms with Gasteiger partial charge in [0.15, 0.2) is 0 Å². The number of nitrogens with zero attached hydrogens (tertiary/aromatic N) is 1. The second-order valence-corrected chi connectivity index (χ2v) is 4.30. The van der Waals surface area contributed by atoms with E-state index in [1.54, 1.807) is 6.07 Å². The van der Waals surface area contributed by atoms with Gasteiger partial charge in [0.25, 0.3) is 5.91 Å². The number of H-pyrrole nitrogens is 1. The molecule has 88 valence electrons. The molecule has 1 aliphatic rings. The third kappa shape index (κ3) is 1.95. The number of nitrogens with one attached hydrogen (secondary N) is 2. The largest absolute Gasteiger partial charge is 0.472 e. The first kappa shape index (κ1) is 10.1. The van der Waals surface area contributed by atoms with E-state index >= 15 is 0 Å². The summed E-state index contributed by atoms with van der Waals surface area (Å²) < 4.78 is 4.89. The summed E-state index contributed by atoms with van der Waals surface area (Å²) in [5.41, 5.74) is 2.97. The molecule has 1 unspecified atom stereocenters. The number of carbonyl (C=O) groups excluding carboxylic acids is 1. The fourth-order valence-corrected chi connectivity index (χ4v) is 2.20. The van der Waals surface area contributed by atoms with E-state index in [0.29, 0.717) is 5.56 Å². The zero-order chi connectivity index (χ0) is 11.7. The molecule has 0 saturated carbocycles. The van der Waals surface area contributed by atoms with Gasteiger partial charge in [0.2, 0.25) is 0 Å². The van der Waals surface area contributed by atoms with Crippen LogP contribution in [0, 0.1) is 0 Å². The average Bonchev–Trinajstić information content (AvgIpc) is 2.99. The summed E-state index contributed by atoms with van der Waals surface area (Å²) in [6, 6.07) is 1.85. The van der Waals surface area contributed by atoms with Crippen LogP contribution in [0.5, 0.6) is 0 Å². The molecule has 3 rings (SSSR count). The number of aromatic nitrogens is 2. The highest BCUT2D eigenvalue weighted by atomic mass is 16.3. The maximum Gasteiger partial charge on any atom is 0.254 e. The van der Waals surface area contributed by atoms with Crippen LogP contribution in [-0.2, 0) is 12.8 Å². The Kier molecular flexibility index (Phi) is 2.44. The van der Waals surface area contributed by atoms with E-state index in [2.05, 4.69) is 15.5 Å². The van der Waals surface area contributed by atoms with Gasteiger partial charge in [0.05, 0.1) is 18.0 Å². The Balaban J connectivity index is 1.66. The van der Waals surface area contributed by atoms with E-state index in [1.807, 2.05) is 6.20 Å². The van der Waals surface area contributed by atoms with Gasteiger partial charge in [-0.1, -0.05) is 0 Å². The van der Waals surface area contributed by atoms with Crippen molar-refractivity contribution in [1.82, 2.24) is 15.5 Å². The zero-order valence-corrected chi connectivity index (χ0v) is 9.27. The van der Waals surface area contributed by atoms with Crippen molar-refractivity contribution in [3.8, 4) is 0 Å². The molecule has 5 nitrogen and oxygen atoms in total. The molecule has 17 heavy (non-hydrogen) atoms. The van der Waals surface area contributed by atoms with Crippen molar-refractivity contribution in [3.05, 3.63) is 41.6 Å². The maximum atomic E-state index is 11.8. The molecule has 0 radical (unpaired) electrons. The monoisotopic (exact) mass is 231 g/mol. The van der Waals surface area contributed by atoms with Crippen molar-refractivity contribution in [3.63, 3.8) is 0 Å². The summed E-state index contributed by atoms with van der Waals surface area (Å²) in [6.07, 6.45) is 7.52. The minimum Gasteiger partial charge on any atom is -0.472 e.